The summed E-state index contributed by atoms with van der Waals surface area (Å²) < 4.78 is 1.33. The van der Waals surface area contributed by atoms with Crippen LogP contribution < -0.4 is 10.6 Å². The quantitative estimate of drug-likeness (QED) is 0.491. The van der Waals surface area contributed by atoms with Gasteiger partial charge in [-0.15, -0.1) is 0 Å². The molecule has 0 spiro atoms. The average molecular weight is 229 g/mol. The Balaban J connectivity index is 2.37. The molecule has 0 saturated carbocycles. The van der Waals surface area contributed by atoms with E-state index in [0.717, 1.165) is 0 Å². The van der Waals surface area contributed by atoms with Crippen LogP contribution in [0.2, 0.25) is 0 Å². The average Bonchev–Trinajstić information content (AvgIpc) is 2.60. The Kier molecular flexibility index (Phi) is 3.78. The zero-order valence-corrected chi connectivity index (χ0v) is 8.41. The summed E-state index contributed by atoms with van der Waals surface area (Å²) >= 11 is 0. The molecule has 1 rings (SSSR count). The van der Waals surface area contributed by atoms with Crippen LogP contribution in [0.15, 0.2) is 6.33 Å². The number of aryl methyl sites for hydroxylation is 1. The van der Waals surface area contributed by atoms with Crippen LogP contribution in [0.25, 0.3) is 0 Å². The molecule has 1 atom stereocenters. The van der Waals surface area contributed by atoms with Crippen molar-refractivity contribution >= 4 is 17.9 Å². The SMILES string of the molecule is Cn1ncnc1NC(=O)NCC(O)C(=O)O. The lowest BCUT2D eigenvalue weighted by Gasteiger charge is -2.08. The van der Waals surface area contributed by atoms with Crippen molar-refractivity contribution in [2.24, 2.45) is 7.05 Å². The molecule has 0 aliphatic heterocycles. The summed E-state index contributed by atoms with van der Waals surface area (Å²) in [6.45, 7) is -0.390. The Morgan fingerprint density at radius 2 is 2.31 bits per heavy atom. The van der Waals surface area contributed by atoms with Gasteiger partial charge < -0.3 is 15.5 Å². The maximum absolute atomic E-state index is 11.2. The van der Waals surface area contributed by atoms with Crippen molar-refractivity contribution in [1.82, 2.24) is 20.1 Å². The van der Waals surface area contributed by atoms with Gasteiger partial charge in [-0.3, -0.25) is 5.32 Å². The third-order valence-electron chi connectivity index (χ3n) is 1.68. The van der Waals surface area contributed by atoms with Gasteiger partial charge in [-0.05, 0) is 0 Å². The number of rotatable bonds is 4. The first-order chi connectivity index (χ1) is 7.50. The van der Waals surface area contributed by atoms with E-state index in [4.69, 9.17) is 10.2 Å². The topological polar surface area (TPSA) is 129 Å². The largest absolute Gasteiger partial charge is 0.479 e. The number of nitrogens with zero attached hydrogens (tertiary/aromatic N) is 3. The molecule has 0 saturated heterocycles. The normalized spacial score (nSPS) is 11.9. The Labute approximate surface area is 90.1 Å². The van der Waals surface area contributed by atoms with Crippen molar-refractivity contribution < 1.29 is 19.8 Å². The number of aliphatic hydroxyl groups excluding tert-OH is 1. The highest BCUT2D eigenvalue weighted by Gasteiger charge is 2.14. The smallest absolute Gasteiger partial charge is 0.334 e. The molecule has 9 nitrogen and oxygen atoms in total. The Morgan fingerprint density at radius 3 is 2.81 bits per heavy atom. The van der Waals surface area contributed by atoms with Gasteiger partial charge in [-0.25, -0.2) is 14.3 Å². The molecule has 4 N–H and O–H groups in total. The zero-order valence-electron chi connectivity index (χ0n) is 8.41. The number of carbonyl (C=O) groups excluding carboxylic acids is 1. The van der Waals surface area contributed by atoms with E-state index in [0.29, 0.717) is 0 Å². The fourth-order valence-corrected chi connectivity index (χ4v) is 0.832. The summed E-state index contributed by atoms with van der Waals surface area (Å²) in [5.41, 5.74) is 0. The number of hydrogen-bond donors (Lipinski definition) is 4. The number of carboxylic acids is 1. The Bertz CT molecular complexity index is 390. The molecule has 0 bridgehead atoms. The van der Waals surface area contributed by atoms with Crippen LogP contribution in [-0.4, -0.2) is 49.6 Å². The van der Waals surface area contributed by atoms with E-state index in [1.807, 2.05) is 0 Å². The highest BCUT2D eigenvalue weighted by molar-refractivity contribution is 5.87. The first-order valence-electron chi connectivity index (χ1n) is 4.30. The molecule has 2 amide bonds. The number of anilines is 1. The van der Waals surface area contributed by atoms with Crippen molar-refractivity contribution in [1.29, 1.82) is 0 Å². The summed E-state index contributed by atoms with van der Waals surface area (Å²) in [6, 6.07) is -0.670. The maximum atomic E-state index is 11.2. The highest BCUT2D eigenvalue weighted by atomic mass is 16.4. The van der Waals surface area contributed by atoms with Crippen LogP contribution in [0.3, 0.4) is 0 Å². The highest BCUT2D eigenvalue weighted by Crippen LogP contribution is 1.96. The van der Waals surface area contributed by atoms with Gasteiger partial charge in [-0.1, -0.05) is 0 Å². The molecule has 0 radical (unpaired) electrons. The molecule has 1 heterocycles. The summed E-state index contributed by atoms with van der Waals surface area (Å²) in [4.78, 5) is 25.1. The van der Waals surface area contributed by atoms with Crippen LogP contribution >= 0.6 is 0 Å². The van der Waals surface area contributed by atoms with Gasteiger partial charge in [-0.2, -0.15) is 10.1 Å². The first kappa shape index (κ1) is 11.9. The second-order valence-electron chi connectivity index (χ2n) is 2.90. The minimum atomic E-state index is -1.63. The maximum Gasteiger partial charge on any atom is 0.334 e. The molecule has 0 aliphatic rings. The number of urea groups is 1. The van der Waals surface area contributed by atoms with Gasteiger partial charge in [0.05, 0.1) is 6.54 Å². The van der Waals surface area contributed by atoms with Gasteiger partial charge in [0.25, 0.3) is 0 Å². The van der Waals surface area contributed by atoms with E-state index in [1.165, 1.54) is 11.0 Å². The molecule has 1 unspecified atom stereocenters. The Morgan fingerprint density at radius 1 is 1.62 bits per heavy atom. The molecular weight excluding hydrogens is 218 g/mol. The van der Waals surface area contributed by atoms with E-state index >= 15 is 0 Å². The lowest BCUT2D eigenvalue weighted by atomic mass is 10.4. The Hall–Kier alpha value is -2.16. The first-order valence-corrected chi connectivity index (χ1v) is 4.30. The minimum Gasteiger partial charge on any atom is -0.479 e. The number of hydrogen-bond acceptors (Lipinski definition) is 5. The molecule has 88 valence electrons. The second-order valence-corrected chi connectivity index (χ2v) is 2.90. The van der Waals surface area contributed by atoms with Gasteiger partial charge in [0.2, 0.25) is 5.95 Å². The number of amides is 2. The van der Waals surface area contributed by atoms with Crippen LogP contribution in [0, 0.1) is 0 Å². The predicted octanol–water partition coefficient (Wildman–Crippen LogP) is -1.62. The second kappa shape index (κ2) is 5.07. The molecule has 0 aromatic carbocycles. The fourth-order valence-electron chi connectivity index (χ4n) is 0.832. The zero-order chi connectivity index (χ0) is 12.1. The van der Waals surface area contributed by atoms with Gasteiger partial charge in [0.15, 0.2) is 6.10 Å². The number of nitrogens with one attached hydrogen (secondary N) is 2. The summed E-state index contributed by atoms with van der Waals surface area (Å²) in [5.74, 6) is -1.19. The van der Waals surface area contributed by atoms with E-state index in [-0.39, 0.29) is 12.5 Å². The van der Waals surface area contributed by atoms with E-state index < -0.39 is 18.1 Å². The van der Waals surface area contributed by atoms with E-state index in [9.17, 15) is 9.59 Å². The van der Waals surface area contributed by atoms with Crippen molar-refractivity contribution in [3.63, 3.8) is 0 Å². The minimum absolute atomic E-state index is 0.210. The molecule has 0 aliphatic carbocycles. The summed E-state index contributed by atoms with van der Waals surface area (Å²) in [6.07, 6.45) is -0.382. The number of aliphatic hydroxyl groups is 1. The van der Waals surface area contributed by atoms with E-state index in [1.54, 1.807) is 7.05 Å². The standard InChI is InChI=1S/C7H11N5O4/c1-12-6(9-3-10-12)11-7(16)8-2-4(13)5(14)15/h3-4,13H,2H2,1H3,(H,14,15)(H2,8,9,10,11,16). The monoisotopic (exact) mass is 229 g/mol. The molecule has 1 aromatic heterocycles. The van der Waals surface area contributed by atoms with Gasteiger partial charge >= 0.3 is 12.0 Å². The lowest BCUT2D eigenvalue weighted by Crippen LogP contribution is -2.39. The number of aliphatic carboxylic acids is 1. The molecule has 9 heteroatoms. The summed E-state index contributed by atoms with van der Waals surface area (Å²) in [7, 11) is 1.58. The molecule has 0 fully saturated rings. The van der Waals surface area contributed by atoms with Crippen LogP contribution in [0.5, 0.6) is 0 Å². The van der Waals surface area contributed by atoms with Crippen LogP contribution in [0.1, 0.15) is 0 Å². The summed E-state index contributed by atoms with van der Waals surface area (Å²) in [5, 5.41) is 25.4. The van der Waals surface area contributed by atoms with Crippen molar-refractivity contribution in [2.75, 3.05) is 11.9 Å². The third-order valence-corrected chi connectivity index (χ3v) is 1.68. The number of carboxylic acid groups (broad SMARTS) is 1. The van der Waals surface area contributed by atoms with Crippen molar-refractivity contribution in [3.8, 4) is 0 Å². The van der Waals surface area contributed by atoms with Gasteiger partial charge in [0, 0.05) is 7.05 Å². The predicted molar refractivity (Wildman–Crippen MR) is 51.7 cm³/mol. The van der Waals surface area contributed by atoms with Crippen molar-refractivity contribution in [3.05, 3.63) is 6.33 Å². The van der Waals surface area contributed by atoms with Crippen LogP contribution in [0.4, 0.5) is 10.7 Å². The van der Waals surface area contributed by atoms with Crippen LogP contribution in [-0.2, 0) is 11.8 Å². The van der Waals surface area contributed by atoms with Crippen molar-refractivity contribution in [2.45, 2.75) is 6.10 Å². The van der Waals surface area contributed by atoms with Gasteiger partial charge in [0.1, 0.15) is 6.33 Å². The molecule has 16 heavy (non-hydrogen) atoms. The number of aromatic nitrogens is 3. The molecular formula is C7H11N5O4. The van der Waals surface area contributed by atoms with E-state index in [2.05, 4.69) is 20.7 Å². The third kappa shape index (κ3) is 3.20. The lowest BCUT2D eigenvalue weighted by molar-refractivity contribution is -0.146. The number of carbonyl (C=O) groups is 2. The fraction of sp³-hybridized carbons (Fsp3) is 0.429. The molecule has 1 aromatic rings.